The van der Waals surface area contributed by atoms with Crippen LogP contribution in [0.4, 0.5) is 5.69 Å². The van der Waals surface area contributed by atoms with Crippen molar-refractivity contribution >= 4 is 11.6 Å². The fourth-order valence-corrected chi connectivity index (χ4v) is 3.68. The van der Waals surface area contributed by atoms with Crippen molar-refractivity contribution in [1.29, 1.82) is 0 Å². The first-order chi connectivity index (χ1) is 10.8. The second-order valence-electron chi connectivity index (χ2n) is 6.29. The van der Waals surface area contributed by atoms with Crippen LogP contribution in [-0.2, 0) is 4.79 Å². The highest BCUT2D eigenvalue weighted by Gasteiger charge is 2.32. The summed E-state index contributed by atoms with van der Waals surface area (Å²) in [6.07, 6.45) is 3.46. The SMILES string of the molecule is CCN1CCCC[C@H]1C(=O)N1CCN(c2ccccc2)CC1. The van der Waals surface area contributed by atoms with Gasteiger partial charge in [0.1, 0.15) is 0 Å². The molecule has 0 saturated carbocycles. The molecule has 0 radical (unpaired) electrons. The van der Waals surface area contributed by atoms with Gasteiger partial charge in [0.15, 0.2) is 0 Å². The molecule has 2 fully saturated rings. The number of likely N-dealkylation sites (N-methyl/N-ethyl adjacent to an activating group) is 1. The Labute approximate surface area is 133 Å². The van der Waals surface area contributed by atoms with Crippen molar-refractivity contribution < 1.29 is 4.79 Å². The molecule has 0 aromatic heterocycles. The molecule has 4 heteroatoms. The van der Waals surface area contributed by atoms with Crippen LogP contribution in [0.1, 0.15) is 26.2 Å². The van der Waals surface area contributed by atoms with Gasteiger partial charge < -0.3 is 9.80 Å². The van der Waals surface area contributed by atoms with Gasteiger partial charge in [-0.15, -0.1) is 0 Å². The summed E-state index contributed by atoms with van der Waals surface area (Å²) in [6.45, 7) is 7.81. The topological polar surface area (TPSA) is 26.8 Å². The van der Waals surface area contributed by atoms with E-state index in [2.05, 4.69) is 45.9 Å². The van der Waals surface area contributed by atoms with Gasteiger partial charge in [-0.05, 0) is 38.1 Å². The van der Waals surface area contributed by atoms with Gasteiger partial charge >= 0.3 is 0 Å². The van der Waals surface area contributed by atoms with E-state index in [1.54, 1.807) is 0 Å². The monoisotopic (exact) mass is 301 g/mol. The van der Waals surface area contributed by atoms with E-state index in [1.165, 1.54) is 18.5 Å². The first-order valence-electron chi connectivity index (χ1n) is 8.62. The minimum absolute atomic E-state index is 0.127. The number of piperidine rings is 1. The van der Waals surface area contributed by atoms with Crippen LogP contribution in [0.3, 0.4) is 0 Å². The number of nitrogens with zero attached hydrogens (tertiary/aromatic N) is 3. The van der Waals surface area contributed by atoms with E-state index in [9.17, 15) is 4.79 Å². The third kappa shape index (κ3) is 3.27. The smallest absolute Gasteiger partial charge is 0.240 e. The molecule has 3 rings (SSSR count). The predicted octanol–water partition coefficient (Wildman–Crippen LogP) is 2.21. The Kier molecular flexibility index (Phi) is 4.98. The van der Waals surface area contributed by atoms with E-state index < -0.39 is 0 Å². The van der Waals surface area contributed by atoms with Crippen molar-refractivity contribution in [2.24, 2.45) is 0 Å². The molecule has 2 aliphatic heterocycles. The molecule has 1 amide bonds. The molecule has 0 N–H and O–H groups in total. The highest BCUT2D eigenvalue weighted by molar-refractivity contribution is 5.82. The summed E-state index contributed by atoms with van der Waals surface area (Å²) in [6, 6.07) is 10.6. The lowest BCUT2D eigenvalue weighted by atomic mass is 10.0. The van der Waals surface area contributed by atoms with Gasteiger partial charge in [0.25, 0.3) is 0 Å². The molecule has 0 aliphatic carbocycles. The zero-order valence-electron chi connectivity index (χ0n) is 13.6. The third-order valence-corrected chi connectivity index (χ3v) is 5.02. The molecule has 1 aromatic rings. The maximum absolute atomic E-state index is 12.8. The zero-order valence-corrected chi connectivity index (χ0v) is 13.6. The average molecular weight is 301 g/mol. The molecule has 2 saturated heterocycles. The number of benzene rings is 1. The lowest BCUT2D eigenvalue weighted by molar-refractivity contribution is -0.138. The Balaban J connectivity index is 1.57. The van der Waals surface area contributed by atoms with Crippen LogP contribution in [0.15, 0.2) is 30.3 Å². The number of para-hydroxylation sites is 1. The molecule has 0 unspecified atom stereocenters. The van der Waals surface area contributed by atoms with Crippen molar-refractivity contribution in [1.82, 2.24) is 9.80 Å². The highest BCUT2D eigenvalue weighted by Crippen LogP contribution is 2.21. The van der Waals surface area contributed by atoms with Crippen LogP contribution in [-0.4, -0.2) is 61.0 Å². The maximum Gasteiger partial charge on any atom is 0.240 e. The minimum atomic E-state index is 0.127. The molecular weight excluding hydrogens is 274 g/mol. The summed E-state index contributed by atoms with van der Waals surface area (Å²) in [5.74, 6) is 0.356. The number of rotatable bonds is 3. The summed E-state index contributed by atoms with van der Waals surface area (Å²) < 4.78 is 0. The van der Waals surface area contributed by atoms with Gasteiger partial charge in [-0.2, -0.15) is 0 Å². The number of carbonyl (C=O) groups excluding carboxylic acids is 1. The van der Waals surface area contributed by atoms with Crippen molar-refractivity contribution in [2.75, 3.05) is 44.2 Å². The molecule has 0 bridgehead atoms. The molecule has 120 valence electrons. The van der Waals surface area contributed by atoms with E-state index >= 15 is 0 Å². The van der Waals surface area contributed by atoms with Crippen LogP contribution in [0, 0.1) is 0 Å². The van der Waals surface area contributed by atoms with Crippen LogP contribution in [0.25, 0.3) is 0 Å². The van der Waals surface area contributed by atoms with Gasteiger partial charge in [-0.3, -0.25) is 9.69 Å². The summed E-state index contributed by atoms with van der Waals surface area (Å²) >= 11 is 0. The largest absolute Gasteiger partial charge is 0.368 e. The van der Waals surface area contributed by atoms with Gasteiger partial charge in [0, 0.05) is 31.9 Å². The van der Waals surface area contributed by atoms with Crippen molar-refractivity contribution in [3.05, 3.63) is 30.3 Å². The molecular formula is C18H27N3O. The van der Waals surface area contributed by atoms with Crippen molar-refractivity contribution in [3.63, 3.8) is 0 Å². The summed E-state index contributed by atoms with van der Waals surface area (Å²) in [5.41, 5.74) is 1.27. The molecule has 2 aliphatic rings. The Morgan fingerprint density at radius 3 is 2.45 bits per heavy atom. The molecule has 1 atom stereocenters. The number of likely N-dealkylation sites (tertiary alicyclic amines) is 1. The third-order valence-electron chi connectivity index (χ3n) is 5.02. The van der Waals surface area contributed by atoms with E-state index in [1.807, 2.05) is 6.07 Å². The number of amides is 1. The Hall–Kier alpha value is -1.55. The summed E-state index contributed by atoms with van der Waals surface area (Å²) in [4.78, 5) is 19.6. The average Bonchev–Trinajstić information content (AvgIpc) is 2.62. The molecule has 4 nitrogen and oxygen atoms in total. The van der Waals surface area contributed by atoms with Crippen LogP contribution in [0.2, 0.25) is 0 Å². The van der Waals surface area contributed by atoms with E-state index in [-0.39, 0.29) is 6.04 Å². The number of piperazine rings is 1. The normalized spacial score (nSPS) is 23.6. The van der Waals surface area contributed by atoms with Gasteiger partial charge in [0.2, 0.25) is 5.91 Å². The molecule has 0 spiro atoms. The number of hydrogen-bond acceptors (Lipinski definition) is 3. The van der Waals surface area contributed by atoms with Crippen LogP contribution in [0.5, 0.6) is 0 Å². The minimum Gasteiger partial charge on any atom is -0.368 e. The summed E-state index contributed by atoms with van der Waals surface area (Å²) in [7, 11) is 0. The molecule has 2 heterocycles. The van der Waals surface area contributed by atoms with Crippen molar-refractivity contribution in [3.8, 4) is 0 Å². The zero-order chi connectivity index (χ0) is 15.4. The van der Waals surface area contributed by atoms with Gasteiger partial charge in [0.05, 0.1) is 6.04 Å². The first kappa shape index (κ1) is 15.3. The first-order valence-corrected chi connectivity index (χ1v) is 8.62. The Morgan fingerprint density at radius 2 is 1.77 bits per heavy atom. The molecule has 1 aromatic carbocycles. The van der Waals surface area contributed by atoms with Crippen LogP contribution >= 0.6 is 0 Å². The van der Waals surface area contributed by atoms with E-state index in [4.69, 9.17) is 0 Å². The van der Waals surface area contributed by atoms with Gasteiger partial charge in [-0.1, -0.05) is 31.5 Å². The maximum atomic E-state index is 12.8. The Bertz CT molecular complexity index is 482. The number of carbonyl (C=O) groups is 1. The predicted molar refractivity (Wildman–Crippen MR) is 90.1 cm³/mol. The fourth-order valence-electron chi connectivity index (χ4n) is 3.68. The van der Waals surface area contributed by atoms with E-state index in [0.29, 0.717) is 5.91 Å². The fraction of sp³-hybridized carbons (Fsp3) is 0.611. The number of anilines is 1. The quantitative estimate of drug-likeness (QED) is 0.856. The second kappa shape index (κ2) is 7.14. The van der Waals surface area contributed by atoms with Crippen molar-refractivity contribution in [2.45, 2.75) is 32.2 Å². The Morgan fingerprint density at radius 1 is 1.05 bits per heavy atom. The van der Waals surface area contributed by atoms with Crippen LogP contribution < -0.4 is 4.90 Å². The highest BCUT2D eigenvalue weighted by atomic mass is 16.2. The lowest BCUT2D eigenvalue weighted by Gasteiger charge is -2.41. The second-order valence-corrected chi connectivity index (χ2v) is 6.29. The number of hydrogen-bond donors (Lipinski definition) is 0. The standard InChI is InChI=1S/C18H27N3O/c1-2-19-11-7-6-10-17(19)18(22)21-14-12-20(13-15-21)16-8-4-3-5-9-16/h3-5,8-9,17H,2,6-7,10-15H2,1H3/t17-/m0/s1. The van der Waals surface area contributed by atoms with E-state index in [0.717, 1.165) is 45.7 Å². The molecule has 22 heavy (non-hydrogen) atoms. The lowest BCUT2D eigenvalue weighted by Crippen LogP contribution is -2.56. The summed E-state index contributed by atoms with van der Waals surface area (Å²) in [5, 5.41) is 0. The van der Waals surface area contributed by atoms with Gasteiger partial charge in [-0.25, -0.2) is 0 Å².